The van der Waals surface area contributed by atoms with Crippen LogP contribution in [0.15, 0.2) is 54.6 Å². The van der Waals surface area contributed by atoms with Gasteiger partial charge in [-0.3, -0.25) is 24.1 Å². The lowest BCUT2D eigenvalue weighted by Crippen LogP contribution is -2.49. The summed E-state index contributed by atoms with van der Waals surface area (Å²) >= 11 is 0. The molecule has 3 heterocycles. The molecule has 1 fully saturated rings. The van der Waals surface area contributed by atoms with Crippen molar-refractivity contribution in [3.8, 4) is 5.69 Å². The van der Waals surface area contributed by atoms with E-state index in [2.05, 4.69) is 10.2 Å². The van der Waals surface area contributed by atoms with E-state index >= 15 is 0 Å². The Morgan fingerprint density at radius 3 is 2.12 bits per heavy atom. The summed E-state index contributed by atoms with van der Waals surface area (Å²) in [5, 5.41) is 11.3. The molecular weight excluding hydrogens is 424 g/mol. The van der Waals surface area contributed by atoms with Crippen molar-refractivity contribution >= 4 is 23.6 Å². The minimum atomic E-state index is -0.511. The van der Waals surface area contributed by atoms with E-state index in [9.17, 15) is 19.2 Å². The molecular formula is C23H20N6O4. The maximum atomic E-state index is 13.2. The molecule has 0 unspecified atom stereocenters. The monoisotopic (exact) mass is 444 g/mol. The van der Waals surface area contributed by atoms with Crippen LogP contribution in [-0.4, -0.2) is 73.2 Å². The molecule has 0 aliphatic carbocycles. The Kier molecular flexibility index (Phi) is 4.97. The fourth-order valence-electron chi connectivity index (χ4n) is 4.06. The van der Waals surface area contributed by atoms with Crippen LogP contribution in [0.2, 0.25) is 0 Å². The van der Waals surface area contributed by atoms with Gasteiger partial charge in [-0.1, -0.05) is 30.3 Å². The number of para-hydroxylation sites is 1. The molecule has 4 amide bonds. The van der Waals surface area contributed by atoms with Crippen molar-refractivity contribution in [3.05, 3.63) is 77.1 Å². The largest absolute Gasteiger partial charge is 0.294 e. The zero-order valence-corrected chi connectivity index (χ0v) is 17.8. The second-order valence-electron chi connectivity index (χ2n) is 7.80. The number of fused-ring (bicyclic) bond motifs is 1. The number of benzene rings is 2. The van der Waals surface area contributed by atoms with Crippen LogP contribution >= 0.6 is 0 Å². The first-order valence-electron chi connectivity index (χ1n) is 10.5. The van der Waals surface area contributed by atoms with Gasteiger partial charge in [-0.25, -0.2) is 10.0 Å². The Balaban J connectivity index is 1.34. The minimum Gasteiger partial charge on any atom is -0.271 e. The predicted octanol–water partition coefficient (Wildman–Crippen LogP) is 1.46. The smallest absolute Gasteiger partial charge is 0.271 e. The molecule has 0 saturated carbocycles. The van der Waals surface area contributed by atoms with Gasteiger partial charge in [0, 0.05) is 13.1 Å². The number of rotatable bonds is 4. The second kappa shape index (κ2) is 7.97. The molecule has 10 nitrogen and oxygen atoms in total. The van der Waals surface area contributed by atoms with E-state index in [4.69, 9.17) is 0 Å². The van der Waals surface area contributed by atoms with E-state index < -0.39 is 30.2 Å². The van der Waals surface area contributed by atoms with Crippen molar-refractivity contribution in [3.63, 3.8) is 0 Å². The molecule has 2 aliphatic rings. The molecule has 0 radical (unpaired) electrons. The Morgan fingerprint density at radius 1 is 0.848 bits per heavy atom. The fourth-order valence-corrected chi connectivity index (χ4v) is 4.06. The van der Waals surface area contributed by atoms with Crippen molar-refractivity contribution in [1.82, 2.24) is 29.9 Å². The SMILES string of the molecule is Cc1nn(-c2ccccc2)nc1C(=O)N1CCCN1C(=O)CN1C(=O)c2ccccc2C1=O. The molecule has 5 rings (SSSR count). The zero-order chi connectivity index (χ0) is 23.1. The van der Waals surface area contributed by atoms with Gasteiger partial charge in [0.15, 0.2) is 5.69 Å². The van der Waals surface area contributed by atoms with Gasteiger partial charge in [-0.15, -0.1) is 5.10 Å². The average molecular weight is 444 g/mol. The summed E-state index contributed by atoms with van der Waals surface area (Å²) in [5.74, 6) is -1.99. The molecule has 0 N–H and O–H groups in total. The van der Waals surface area contributed by atoms with Gasteiger partial charge in [0.25, 0.3) is 23.6 Å². The Hall–Kier alpha value is -4.34. The Morgan fingerprint density at radius 2 is 1.45 bits per heavy atom. The van der Waals surface area contributed by atoms with E-state index in [-0.39, 0.29) is 16.8 Å². The highest BCUT2D eigenvalue weighted by atomic mass is 16.2. The molecule has 1 saturated heterocycles. The summed E-state index contributed by atoms with van der Waals surface area (Å²) in [6, 6.07) is 15.7. The normalized spacial score (nSPS) is 15.4. The number of carbonyl (C=O) groups excluding carboxylic acids is 4. The highest BCUT2D eigenvalue weighted by Crippen LogP contribution is 2.23. The van der Waals surface area contributed by atoms with Gasteiger partial charge < -0.3 is 0 Å². The topological polar surface area (TPSA) is 109 Å². The van der Waals surface area contributed by atoms with Crippen molar-refractivity contribution in [2.45, 2.75) is 13.3 Å². The van der Waals surface area contributed by atoms with Crippen LogP contribution < -0.4 is 0 Å². The van der Waals surface area contributed by atoms with Crippen LogP contribution in [0.4, 0.5) is 0 Å². The number of aryl methyl sites for hydroxylation is 1. The third kappa shape index (κ3) is 3.45. The van der Waals surface area contributed by atoms with E-state index in [1.54, 1.807) is 31.2 Å². The van der Waals surface area contributed by atoms with Gasteiger partial charge in [-0.2, -0.15) is 9.90 Å². The number of imide groups is 1. The summed E-state index contributed by atoms with van der Waals surface area (Å²) in [5.41, 5.74) is 1.83. The Bertz CT molecular complexity index is 1250. The molecule has 2 aliphatic heterocycles. The van der Waals surface area contributed by atoms with E-state index in [1.807, 2.05) is 30.3 Å². The van der Waals surface area contributed by atoms with Crippen LogP contribution in [0.3, 0.4) is 0 Å². The summed E-state index contributed by atoms with van der Waals surface area (Å²) in [6.45, 7) is 1.87. The molecule has 33 heavy (non-hydrogen) atoms. The summed E-state index contributed by atoms with van der Waals surface area (Å²) in [4.78, 5) is 53.8. The fraction of sp³-hybridized carbons (Fsp3) is 0.217. The van der Waals surface area contributed by atoms with Gasteiger partial charge in [0.2, 0.25) is 0 Å². The molecule has 1 aromatic heterocycles. The molecule has 166 valence electrons. The molecule has 3 aromatic rings. The number of amides is 4. The lowest BCUT2D eigenvalue weighted by atomic mass is 10.1. The highest BCUT2D eigenvalue weighted by molar-refractivity contribution is 6.22. The van der Waals surface area contributed by atoms with Gasteiger partial charge in [-0.05, 0) is 37.6 Å². The Labute approximate surface area is 189 Å². The quantitative estimate of drug-likeness (QED) is 0.564. The van der Waals surface area contributed by atoms with Crippen molar-refractivity contribution in [2.75, 3.05) is 19.6 Å². The zero-order valence-electron chi connectivity index (χ0n) is 17.8. The molecule has 10 heteroatoms. The third-order valence-electron chi connectivity index (χ3n) is 5.70. The van der Waals surface area contributed by atoms with Gasteiger partial charge >= 0.3 is 0 Å². The van der Waals surface area contributed by atoms with E-state index in [0.717, 1.165) is 4.90 Å². The molecule has 0 atom stereocenters. The van der Waals surface area contributed by atoms with Gasteiger partial charge in [0.1, 0.15) is 6.54 Å². The summed E-state index contributed by atoms with van der Waals surface area (Å²) in [6.07, 6.45) is 0.575. The first-order chi connectivity index (χ1) is 16.0. The van der Waals surface area contributed by atoms with Crippen LogP contribution in [0, 0.1) is 6.92 Å². The summed E-state index contributed by atoms with van der Waals surface area (Å²) in [7, 11) is 0. The third-order valence-corrected chi connectivity index (χ3v) is 5.70. The van der Waals surface area contributed by atoms with Crippen molar-refractivity contribution < 1.29 is 19.2 Å². The predicted molar refractivity (Wildman–Crippen MR) is 115 cm³/mol. The first kappa shape index (κ1) is 20.6. The number of hydrogen-bond acceptors (Lipinski definition) is 6. The maximum Gasteiger partial charge on any atom is 0.294 e. The first-order valence-corrected chi connectivity index (χ1v) is 10.5. The maximum absolute atomic E-state index is 13.2. The lowest BCUT2D eigenvalue weighted by Gasteiger charge is -2.28. The van der Waals surface area contributed by atoms with Crippen molar-refractivity contribution in [2.24, 2.45) is 0 Å². The highest BCUT2D eigenvalue weighted by Gasteiger charge is 2.40. The number of hydrogen-bond donors (Lipinski definition) is 0. The van der Waals surface area contributed by atoms with Crippen LogP contribution in [-0.2, 0) is 4.79 Å². The lowest BCUT2D eigenvalue weighted by molar-refractivity contribution is -0.140. The molecule has 0 spiro atoms. The molecule has 0 bridgehead atoms. The van der Waals surface area contributed by atoms with Crippen LogP contribution in [0.1, 0.15) is 43.3 Å². The van der Waals surface area contributed by atoms with E-state index in [1.165, 1.54) is 14.8 Å². The standard InChI is InChI=1S/C23H20N6O4/c1-15-20(25-29(24-15)16-8-3-2-4-9-16)23(33)28-13-7-12-27(28)19(30)14-26-21(31)17-10-5-6-11-18(17)22(26)32/h2-6,8-11H,7,12-14H2,1H3. The van der Waals surface area contributed by atoms with Crippen LogP contribution in [0.5, 0.6) is 0 Å². The second-order valence-corrected chi connectivity index (χ2v) is 7.80. The van der Waals surface area contributed by atoms with E-state index in [0.29, 0.717) is 30.9 Å². The van der Waals surface area contributed by atoms with Gasteiger partial charge in [0.05, 0.1) is 22.5 Å². The van der Waals surface area contributed by atoms with Crippen LogP contribution in [0.25, 0.3) is 5.69 Å². The number of hydrazine groups is 1. The van der Waals surface area contributed by atoms with Crippen molar-refractivity contribution in [1.29, 1.82) is 0 Å². The average Bonchev–Trinajstić information content (AvgIpc) is 3.53. The molecule has 2 aromatic carbocycles. The number of nitrogens with zero attached hydrogens (tertiary/aromatic N) is 6. The number of aromatic nitrogens is 3. The minimum absolute atomic E-state index is 0.138. The number of carbonyl (C=O) groups is 4. The summed E-state index contributed by atoms with van der Waals surface area (Å²) < 4.78 is 0.